The lowest BCUT2D eigenvalue weighted by Gasteiger charge is -2.05. The largest absolute Gasteiger partial charge is 0.235 e. The summed E-state index contributed by atoms with van der Waals surface area (Å²) < 4.78 is 0. The number of thioether (sulfide) groups is 2. The van der Waals surface area contributed by atoms with E-state index in [9.17, 15) is 0 Å². The fourth-order valence-corrected chi connectivity index (χ4v) is 3.70. The summed E-state index contributed by atoms with van der Waals surface area (Å²) in [5.41, 5.74) is 3.63. The molecule has 22 heavy (non-hydrogen) atoms. The predicted molar refractivity (Wildman–Crippen MR) is 86.9 cm³/mol. The van der Waals surface area contributed by atoms with Gasteiger partial charge in [-0.05, 0) is 5.39 Å². The van der Waals surface area contributed by atoms with Crippen molar-refractivity contribution in [1.82, 2.24) is 9.97 Å². The first-order valence-electron chi connectivity index (χ1n) is 6.40. The van der Waals surface area contributed by atoms with Crippen molar-refractivity contribution in [2.45, 2.75) is 10.1 Å². The van der Waals surface area contributed by atoms with Crippen LogP contribution in [0, 0.1) is 21.3 Å². The monoisotopic (exact) mass is 318 g/mol. The van der Waals surface area contributed by atoms with Crippen LogP contribution in [0.15, 0.2) is 46.5 Å². The first kappa shape index (κ1) is 13.1. The molecule has 1 aliphatic rings. The van der Waals surface area contributed by atoms with Crippen molar-refractivity contribution in [3.05, 3.63) is 36.4 Å². The third kappa shape index (κ3) is 1.79. The fourth-order valence-electron chi connectivity index (χ4n) is 2.74. The van der Waals surface area contributed by atoms with E-state index in [2.05, 4.69) is 22.1 Å². The van der Waals surface area contributed by atoms with Gasteiger partial charge in [0.25, 0.3) is 0 Å². The number of thiocyanates is 2. The van der Waals surface area contributed by atoms with Crippen molar-refractivity contribution in [2.75, 3.05) is 0 Å². The van der Waals surface area contributed by atoms with Gasteiger partial charge in [0.2, 0.25) is 0 Å². The minimum atomic E-state index is 0.484. The van der Waals surface area contributed by atoms with Crippen LogP contribution in [-0.4, -0.2) is 9.97 Å². The second-order valence-electron chi connectivity index (χ2n) is 4.63. The molecule has 1 aromatic heterocycles. The van der Waals surface area contributed by atoms with Gasteiger partial charge >= 0.3 is 0 Å². The van der Waals surface area contributed by atoms with Crippen LogP contribution in [0.4, 0.5) is 0 Å². The Labute approximate surface area is 134 Å². The lowest BCUT2D eigenvalue weighted by atomic mass is 10.0. The summed E-state index contributed by atoms with van der Waals surface area (Å²) in [7, 11) is 0. The second kappa shape index (κ2) is 5.03. The number of hydrogen-bond donors (Lipinski definition) is 0. The molecule has 0 fully saturated rings. The van der Waals surface area contributed by atoms with Crippen LogP contribution < -0.4 is 0 Å². The third-order valence-electron chi connectivity index (χ3n) is 3.53. The maximum absolute atomic E-state index is 8.94. The highest BCUT2D eigenvalue weighted by molar-refractivity contribution is 8.06. The Bertz CT molecular complexity index is 937. The lowest BCUT2D eigenvalue weighted by molar-refractivity contribution is 0.943. The first-order chi connectivity index (χ1) is 10.8. The topological polar surface area (TPSA) is 73.4 Å². The molecule has 1 aliphatic carbocycles. The number of nitrogens with zero attached hydrogens (tertiary/aromatic N) is 4. The quantitative estimate of drug-likeness (QED) is 0.402. The van der Waals surface area contributed by atoms with Gasteiger partial charge in [-0.15, -0.1) is 0 Å². The van der Waals surface area contributed by atoms with Gasteiger partial charge in [-0.2, -0.15) is 10.5 Å². The molecule has 0 spiro atoms. The van der Waals surface area contributed by atoms with E-state index in [1.165, 1.54) is 0 Å². The van der Waals surface area contributed by atoms with Crippen LogP contribution >= 0.6 is 23.5 Å². The smallest absolute Gasteiger partial charge is 0.145 e. The van der Waals surface area contributed by atoms with E-state index in [0.29, 0.717) is 10.1 Å². The maximum atomic E-state index is 8.94. The Balaban J connectivity index is 2.07. The molecule has 102 valence electrons. The molecule has 0 aliphatic heterocycles. The van der Waals surface area contributed by atoms with Crippen molar-refractivity contribution in [2.24, 2.45) is 0 Å². The van der Waals surface area contributed by atoms with Crippen LogP contribution in [-0.2, 0) is 0 Å². The zero-order chi connectivity index (χ0) is 15.1. The van der Waals surface area contributed by atoms with E-state index < -0.39 is 0 Å². The Hall–Kier alpha value is -2.54. The van der Waals surface area contributed by atoms with Gasteiger partial charge in [0.05, 0.1) is 11.4 Å². The van der Waals surface area contributed by atoms with E-state index in [1.807, 2.05) is 35.1 Å². The van der Waals surface area contributed by atoms with Crippen molar-refractivity contribution in [3.63, 3.8) is 0 Å². The van der Waals surface area contributed by atoms with Crippen LogP contribution in [0.3, 0.4) is 0 Å². The van der Waals surface area contributed by atoms with Crippen LogP contribution in [0.25, 0.3) is 33.3 Å². The molecule has 0 radical (unpaired) electrons. The summed E-state index contributed by atoms with van der Waals surface area (Å²) in [6.45, 7) is 0. The minimum Gasteiger partial charge on any atom is -0.235 e. The molecule has 4 nitrogen and oxygen atoms in total. The molecule has 0 atom stereocenters. The molecule has 0 bridgehead atoms. The molecule has 0 unspecified atom stereocenters. The number of nitriles is 2. The number of aromatic nitrogens is 2. The zero-order valence-corrected chi connectivity index (χ0v) is 12.7. The summed E-state index contributed by atoms with van der Waals surface area (Å²) in [5, 5.41) is 25.1. The van der Waals surface area contributed by atoms with Gasteiger partial charge in [0, 0.05) is 40.0 Å². The van der Waals surface area contributed by atoms with Crippen LogP contribution in [0.5, 0.6) is 0 Å². The summed E-state index contributed by atoms with van der Waals surface area (Å²) in [6.07, 6.45) is 0. The van der Waals surface area contributed by atoms with Gasteiger partial charge in [0.1, 0.15) is 20.9 Å². The van der Waals surface area contributed by atoms with E-state index in [0.717, 1.165) is 56.8 Å². The van der Waals surface area contributed by atoms with Crippen molar-refractivity contribution >= 4 is 34.3 Å². The molecular weight excluding hydrogens is 312 g/mol. The van der Waals surface area contributed by atoms with Gasteiger partial charge in [-0.3, -0.25) is 0 Å². The average molecular weight is 318 g/mol. The average Bonchev–Trinajstić information content (AvgIpc) is 2.85. The van der Waals surface area contributed by atoms with E-state index in [4.69, 9.17) is 10.5 Å². The molecule has 0 saturated carbocycles. The number of rotatable bonds is 2. The van der Waals surface area contributed by atoms with Crippen LogP contribution in [0.2, 0.25) is 0 Å². The molecule has 2 aromatic carbocycles. The van der Waals surface area contributed by atoms with Crippen LogP contribution in [0.1, 0.15) is 0 Å². The van der Waals surface area contributed by atoms with Gasteiger partial charge in [-0.25, -0.2) is 9.97 Å². The fraction of sp³-hybridized carbons (Fsp3) is 0. The van der Waals surface area contributed by atoms with Crippen molar-refractivity contribution < 1.29 is 0 Å². The predicted octanol–water partition coefficient (Wildman–Crippen LogP) is 4.42. The number of benzene rings is 2. The highest BCUT2D eigenvalue weighted by Crippen LogP contribution is 2.46. The molecule has 0 amide bonds. The number of hydrogen-bond acceptors (Lipinski definition) is 6. The van der Waals surface area contributed by atoms with E-state index in [-0.39, 0.29) is 0 Å². The Morgan fingerprint density at radius 2 is 1.27 bits per heavy atom. The third-order valence-corrected chi connectivity index (χ3v) is 4.80. The summed E-state index contributed by atoms with van der Waals surface area (Å²) in [6, 6.07) is 12.1. The van der Waals surface area contributed by atoms with Gasteiger partial charge in [-0.1, -0.05) is 36.4 Å². The number of fused-ring (bicyclic) bond motifs is 3. The van der Waals surface area contributed by atoms with Gasteiger partial charge in [0.15, 0.2) is 0 Å². The SMILES string of the molecule is N#CSc1nc2c(nc1SC#N)-c1cccc3cccc-2c13. The molecule has 0 saturated heterocycles. The second-order valence-corrected chi connectivity index (χ2v) is 6.17. The van der Waals surface area contributed by atoms with Gasteiger partial charge < -0.3 is 0 Å². The highest BCUT2D eigenvalue weighted by atomic mass is 32.2. The summed E-state index contributed by atoms with van der Waals surface area (Å²) >= 11 is 1.87. The van der Waals surface area contributed by atoms with Crippen molar-refractivity contribution in [3.8, 4) is 33.3 Å². The summed E-state index contributed by atoms with van der Waals surface area (Å²) in [5.74, 6) is 0. The standard InChI is InChI=1S/C16H6N4S2/c17-7-21-15-16(22-8-18)20-14-11-6-2-4-9-3-1-5-10(12(9)11)13(14)19-15/h1-6H. The molecule has 0 N–H and O–H groups in total. The normalized spacial score (nSPS) is 11.0. The molecular formula is C16H6N4S2. The Morgan fingerprint density at radius 3 is 1.73 bits per heavy atom. The molecule has 1 heterocycles. The molecule has 3 aromatic rings. The Kier molecular flexibility index (Phi) is 3.00. The summed E-state index contributed by atoms with van der Waals surface area (Å²) in [4.78, 5) is 9.21. The minimum absolute atomic E-state index is 0.484. The molecule has 4 rings (SSSR count). The highest BCUT2D eigenvalue weighted by Gasteiger charge is 2.26. The lowest BCUT2D eigenvalue weighted by Crippen LogP contribution is -1.93. The molecule has 6 heteroatoms. The zero-order valence-electron chi connectivity index (χ0n) is 11.1. The van der Waals surface area contributed by atoms with E-state index in [1.54, 1.807) is 0 Å². The Morgan fingerprint density at radius 1 is 0.773 bits per heavy atom. The first-order valence-corrected chi connectivity index (χ1v) is 8.03. The van der Waals surface area contributed by atoms with E-state index >= 15 is 0 Å². The van der Waals surface area contributed by atoms with Crippen molar-refractivity contribution in [1.29, 1.82) is 10.5 Å². The maximum Gasteiger partial charge on any atom is 0.145 e.